The second-order valence-electron chi connectivity index (χ2n) is 5.58. The highest BCUT2D eigenvalue weighted by atomic mass is 19.1. The smallest absolute Gasteiger partial charge is 0.260 e. The minimum Gasteiger partial charge on any atom is -0.363 e. The van der Waals surface area contributed by atoms with Crippen LogP contribution in [0.5, 0.6) is 0 Å². The van der Waals surface area contributed by atoms with Gasteiger partial charge < -0.3 is 10.2 Å². The summed E-state index contributed by atoms with van der Waals surface area (Å²) in [6.45, 7) is 5.18. The van der Waals surface area contributed by atoms with Crippen LogP contribution in [0.25, 0.3) is 5.65 Å². The highest BCUT2D eigenvalue weighted by Gasteiger charge is 2.22. The first-order valence-corrected chi connectivity index (χ1v) is 6.79. The average molecular weight is 293 g/mol. The molecular formula is C14H20FN5O. The van der Waals surface area contributed by atoms with E-state index in [0.717, 1.165) is 11.5 Å². The Hall–Kier alpha value is -2.18. The fourth-order valence-electron chi connectivity index (χ4n) is 1.95. The summed E-state index contributed by atoms with van der Waals surface area (Å²) < 4.78 is 15.4. The summed E-state index contributed by atoms with van der Waals surface area (Å²) in [5, 5.41) is 6.87. The Bertz CT molecular complexity index is 665. The molecule has 0 aliphatic heterocycles. The lowest BCUT2D eigenvalue weighted by Crippen LogP contribution is -2.29. The van der Waals surface area contributed by atoms with Gasteiger partial charge in [0.2, 0.25) is 0 Å². The molecule has 1 atom stereocenters. The summed E-state index contributed by atoms with van der Waals surface area (Å²) in [7, 11) is 3.73. The fraction of sp³-hybridized carbons (Fsp3) is 0.500. The largest absolute Gasteiger partial charge is 0.363 e. The van der Waals surface area contributed by atoms with Crippen LogP contribution in [-0.2, 0) is 4.79 Å². The molecule has 2 aromatic heterocycles. The molecule has 2 rings (SSSR count). The number of amides is 1. The molecule has 0 spiro atoms. The highest BCUT2D eigenvalue weighted by molar-refractivity contribution is 5.94. The Morgan fingerprint density at radius 2 is 2.05 bits per heavy atom. The maximum Gasteiger partial charge on any atom is 0.260 e. The molecule has 0 fully saturated rings. The molecule has 0 saturated heterocycles. The van der Waals surface area contributed by atoms with Crippen LogP contribution in [0.15, 0.2) is 12.1 Å². The highest BCUT2D eigenvalue weighted by Crippen LogP contribution is 2.20. The number of hydrogen-bond donors (Lipinski definition) is 1. The molecular weight excluding hydrogens is 273 g/mol. The number of alkyl halides is 1. The van der Waals surface area contributed by atoms with Crippen LogP contribution in [0.4, 0.5) is 16.0 Å². The van der Waals surface area contributed by atoms with E-state index in [1.165, 1.54) is 0 Å². The van der Waals surface area contributed by atoms with Crippen LogP contribution >= 0.6 is 0 Å². The van der Waals surface area contributed by atoms with E-state index in [0.29, 0.717) is 11.5 Å². The van der Waals surface area contributed by atoms with Crippen molar-refractivity contribution in [3.63, 3.8) is 0 Å². The third-order valence-electron chi connectivity index (χ3n) is 3.08. The van der Waals surface area contributed by atoms with E-state index in [2.05, 4.69) is 15.4 Å². The van der Waals surface area contributed by atoms with Crippen molar-refractivity contribution in [3.05, 3.63) is 17.8 Å². The lowest BCUT2D eigenvalue weighted by atomic mass is 10.1. The Morgan fingerprint density at radius 3 is 2.62 bits per heavy atom. The van der Waals surface area contributed by atoms with Gasteiger partial charge in [0.05, 0.1) is 5.69 Å². The molecule has 6 nitrogen and oxygen atoms in total. The van der Waals surface area contributed by atoms with Crippen molar-refractivity contribution in [3.8, 4) is 0 Å². The standard InChI is InChI=1S/C14H20FN5O/c1-8(2)13(15)14(21)17-10-7-12(19(4)5)20-11(16-10)6-9(3)18-20/h6-8,13H,1-5H3,(H,16,17,21). The normalized spacial score (nSPS) is 12.7. The first-order valence-electron chi connectivity index (χ1n) is 6.79. The van der Waals surface area contributed by atoms with Gasteiger partial charge in [0.1, 0.15) is 11.6 Å². The molecule has 0 bridgehead atoms. The second-order valence-corrected chi connectivity index (χ2v) is 5.58. The van der Waals surface area contributed by atoms with Crippen molar-refractivity contribution in [1.82, 2.24) is 14.6 Å². The number of rotatable bonds is 4. The molecule has 1 N–H and O–H groups in total. The van der Waals surface area contributed by atoms with Gasteiger partial charge in [0.15, 0.2) is 11.8 Å². The maximum atomic E-state index is 13.7. The number of halogens is 1. The van der Waals surface area contributed by atoms with Gasteiger partial charge in [-0.2, -0.15) is 9.61 Å². The SMILES string of the molecule is Cc1cc2nc(NC(=O)C(F)C(C)C)cc(N(C)C)n2n1. The number of carbonyl (C=O) groups is 1. The first-order chi connectivity index (χ1) is 9.79. The van der Waals surface area contributed by atoms with E-state index in [4.69, 9.17) is 0 Å². The van der Waals surface area contributed by atoms with Crippen molar-refractivity contribution < 1.29 is 9.18 Å². The predicted octanol–water partition coefficient (Wildman–Crippen LogP) is 2.04. The van der Waals surface area contributed by atoms with E-state index < -0.39 is 12.1 Å². The van der Waals surface area contributed by atoms with Crippen molar-refractivity contribution in [1.29, 1.82) is 0 Å². The molecule has 1 unspecified atom stereocenters. The number of fused-ring (bicyclic) bond motifs is 1. The first kappa shape index (κ1) is 15.2. The summed E-state index contributed by atoms with van der Waals surface area (Å²) in [5.41, 5.74) is 1.42. The van der Waals surface area contributed by atoms with Gasteiger partial charge in [0.25, 0.3) is 5.91 Å². The zero-order chi connectivity index (χ0) is 15.7. The van der Waals surface area contributed by atoms with Crippen LogP contribution < -0.4 is 10.2 Å². The average Bonchev–Trinajstić information content (AvgIpc) is 2.76. The molecule has 1 amide bonds. The van der Waals surface area contributed by atoms with Gasteiger partial charge >= 0.3 is 0 Å². The second kappa shape index (κ2) is 5.67. The monoisotopic (exact) mass is 293 g/mol. The van der Waals surface area contributed by atoms with Crippen LogP contribution in [0, 0.1) is 12.8 Å². The van der Waals surface area contributed by atoms with Crippen molar-refractivity contribution in [2.75, 3.05) is 24.3 Å². The van der Waals surface area contributed by atoms with E-state index in [9.17, 15) is 9.18 Å². The Balaban J connectivity index is 2.39. The third kappa shape index (κ3) is 3.12. The van der Waals surface area contributed by atoms with Crippen LogP contribution in [0.1, 0.15) is 19.5 Å². The van der Waals surface area contributed by atoms with Gasteiger partial charge in [-0.15, -0.1) is 0 Å². The molecule has 0 aliphatic rings. The molecule has 114 valence electrons. The van der Waals surface area contributed by atoms with Gasteiger partial charge in [-0.1, -0.05) is 13.8 Å². The molecule has 21 heavy (non-hydrogen) atoms. The van der Waals surface area contributed by atoms with Gasteiger partial charge in [-0.25, -0.2) is 9.37 Å². The quantitative estimate of drug-likeness (QED) is 0.937. The Morgan fingerprint density at radius 1 is 1.38 bits per heavy atom. The van der Waals surface area contributed by atoms with Crippen LogP contribution in [-0.4, -0.2) is 40.8 Å². The van der Waals surface area contributed by atoms with Gasteiger partial charge in [-0.3, -0.25) is 4.79 Å². The van der Waals surface area contributed by atoms with Crippen molar-refractivity contribution in [2.45, 2.75) is 26.9 Å². The predicted molar refractivity (Wildman–Crippen MR) is 80.4 cm³/mol. The van der Waals surface area contributed by atoms with Crippen molar-refractivity contribution in [2.24, 2.45) is 5.92 Å². The lowest BCUT2D eigenvalue weighted by molar-refractivity contribution is -0.122. The Kier molecular flexibility index (Phi) is 4.11. The molecule has 0 radical (unpaired) electrons. The number of nitrogens with one attached hydrogen (secondary N) is 1. The van der Waals surface area contributed by atoms with E-state index >= 15 is 0 Å². The van der Waals surface area contributed by atoms with Gasteiger partial charge in [0, 0.05) is 26.2 Å². The van der Waals surface area contributed by atoms with Gasteiger partial charge in [-0.05, 0) is 12.8 Å². The molecule has 0 aromatic carbocycles. The number of nitrogens with zero attached hydrogens (tertiary/aromatic N) is 4. The Labute approximate surface area is 123 Å². The zero-order valence-corrected chi connectivity index (χ0v) is 12.9. The molecule has 7 heteroatoms. The summed E-state index contributed by atoms with van der Waals surface area (Å²) in [5.74, 6) is 0.0183. The molecule has 2 aromatic rings. The molecule has 0 saturated carbocycles. The molecule has 0 aliphatic carbocycles. The number of aryl methyl sites for hydroxylation is 1. The summed E-state index contributed by atoms with van der Waals surface area (Å²) in [4.78, 5) is 18.0. The minimum absolute atomic E-state index is 0.319. The van der Waals surface area contributed by atoms with Crippen molar-refractivity contribution >= 4 is 23.2 Å². The van der Waals surface area contributed by atoms with Crippen LogP contribution in [0.2, 0.25) is 0 Å². The fourth-order valence-corrected chi connectivity index (χ4v) is 1.95. The lowest BCUT2D eigenvalue weighted by Gasteiger charge is -2.16. The van der Waals surface area contributed by atoms with E-state index in [1.807, 2.05) is 25.9 Å². The number of carbonyl (C=O) groups excluding carboxylic acids is 1. The summed E-state index contributed by atoms with van der Waals surface area (Å²) in [6.07, 6.45) is -1.56. The van der Waals surface area contributed by atoms with E-state index in [-0.39, 0.29) is 5.92 Å². The number of anilines is 2. The summed E-state index contributed by atoms with van der Waals surface area (Å²) in [6, 6.07) is 3.47. The zero-order valence-electron chi connectivity index (χ0n) is 12.9. The molecule has 2 heterocycles. The minimum atomic E-state index is -1.56. The number of aromatic nitrogens is 3. The summed E-state index contributed by atoms with van der Waals surface area (Å²) >= 11 is 0. The van der Waals surface area contributed by atoms with Crippen LogP contribution in [0.3, 0.4) is 0 Å². The third-order valence-corrected chi connectivity index (χ3v) is 3.08. The topological polar surface area (TPSA) is 62.5 Å². The maximum absolute atomic E-state index is 13.7. The van der Waals surface area contributed by atoms with E-state index in [1.54, 1.807) is 30.5 Å². The number of hydrogen-bond acceptors (Lipinski definition) is 4.